The monoisotopic (exact) mass is 277 g/mol. The van der Waals surface area contributed by atoms with E-state index in [1.165, 1.54) is 31.5 Å². The second-order valence-electron chi connectivity index (χ2n) is 5.02. The van der Waals surface area contributed by atoms with Crippen molar-refractivity contribution in [2.24, 2.45) is 0 Å². The average molecular weight is 277 g/mol. The largest absolute Gasteiger partial charge is 0.360 e. The van der Waals surface area contributed by atoms with Crippen LogP contribution in [-0.2, 0) is 6.54 Å². The van der Waals surface area contributed by atoms with Crippen molar-refractivity contribution in [1.29, 1.82) is 0 Å². The van der Waals surface area contributed by atoms with Crippen LogP contribution in [0.3, 0.4) is 0 Å². The number of thiocarbonyl (C=S) groups is 1. The minimum Gasteiger partial charge on any atom is -0.360 e. The van der Waals surface area contributed by atoms with Gasteiger partial charge in [-0.1, -0.05) is 37.3 Å². The van der Waals surface area contributed by atoms with E-state index in [0.717, 1.165) is 18.2 Å². The number of nitrogens with one attached hydrogen (secondary N) is 2. The smallest absolute Gasteiger partial charge is 0.166 e. The highest BCUT2D eigenvalue weighted by molar-refractivity contribution is 7.80. The number of hydrogen-bond donors (Lipinski definition) is 2. The Kier molecular flexibility index (Phi) is 5.61. The summed E-state index contributed by atoms with van der Waals surface area (Å²) in [5.74, 6) is 0. The summed E-state index contributed by atoms with van der Waals surface area (Å²) in [5.41, 5.74) is 1.26. The van der Waals surface area contributed by atoms with E-state index in [1.54, 1.807) is 0 Å². The first kappa shape index (κ1) is 14.3. The maximum absolute atomic E-state index is 5.36. The summed E-state index contributed by atoms with van der Waals surface area (Å²) in [6.45, 7) is 6.52. The van der Waals surface area contributed by atoms with Crippen molar-refractivity contribution in [3.8, 4) is 0 Å². The lowest BCUT2D eigenvalue weighted by molar-refractivity contribution is 0.216. The molecule has 2 N–H and O–H groups in total. The molecule has 0 spiro atoms. The van der Waals surface area contributed by atoms with E-state index < -0.39 is 0 Å². The number of nitrogens with zero attached hydrogens (tertiary/aromatic N) is 1. The Morgan fingerprint density at radius 1 is 1.26 bits per heavy atom. The quantitative estimate of drug-likeness (QED) is 0.825. The normalized spacial score (nSPS) is 17.1. The lowest BCUT2D eigenvalue weighted by Crippen LogP contribution is -2.47. The van der Waals surface area contributed by atoms with Gasteiger partial charge in [0.1, 0.15) is 0 Å². The summed E-state index contributed by atoms with van der Waals surface area (Å²) in [6, 6.07) is 10.9. The van der Waals surface area contributed by atoms with Gasteiger partial charge in [0, 0.05) is 25.7 Å². The van der Waals surface area contributed by atoms with E-state index in [9.17, 15) is 0 Å². The van der Waals surface area contributed by atoms with Crippen molar-refractivity contribution in [3.63, 3.8) is 0 Å². The molecule has 3 nitrogen and oxygen atoms in total. The maximum Gasteiger partial charge on any atom is 0.166 e. The Hall–Kier alpha value is -1.13. The van der Waals surface area contributed by atoms with Gasteiger partial charge in [-0.15, -0.1) is 0 Å². The van der Waals surface area contributed by atoms with Gasteiger partial charge in [-0.05, 0) is 37.2 Å². The van der Waals surface area contributed by atoms with E-state index in [0.29, 0.717) is 6.04 Å². The van der Waals surface area contributed by atoms with Gasteiger partial charge < -0.3 is 15.5 Å². The first-order valence-electron chi connectivity index (χ1n) is 7.08. The predicted molar refractivity (Wildman–Crippen MR) is 84.2 cm³/mol. The third-order valence-corrected chi connectivity index (χ3v) is 3.93. The van der Waals surface area contributed by atoms with E-state index in [-0.39, 0.29) is 0 Å². The Morgan fingerprint density at radius 2 is 1.95 bits per heavy atom. The lowest BCUT2D eigenvalue weighted by Gasteiger charge is -2.32. The average Bonchev–Trinajstić information content (AvgIpc) is 2.47. The minimum absolute atomic E-state index is 0.526. The molecule has 0 bridgehead atoms. The van der Waals surface area contributed by atoms with E-state index in [2.05, 4.69) is 34.6 Å². The molecule has 1 fully saturated rings. The van der Waals surface area contributed by atoms with E-state index in [1.807, 2.05) is 18.2 Å². The van der Waals surface area contributed by atoms with Gasteiger partial charge in [0.15, 0.2) is 5.11 Å². The standard InChI is InChI=1S/C15H23N3S/c1-2-18-10-8-14(9-11-18)17-15(19)16-12-13-6-4-3-5-7-13/h3-7,14H,2,8-12H2,1H3,(H2,16,17,19). The molecule has 0 unspecified atom stereocenters. The number of hydrogen-bond acceptors (Lipinski definition) is 2. The molecular formula is C15H23N3S. The SMILES string of the molecule is CCN1CCC(NC(=S)NCc2ccccc2)CC1. The zero-order valence-electron chi connectivity index (χ0n) is 11.6. The fourth-order valence-electron chi connectivity index (χ4n) is 2.41. The van der Waals surface area contributed by atoms with Crippen molar-refractivity contribution in [1.82, 2.24) is 15.5 Å². The third kappa shape index (κ3) is 4.80. The van der Waals surface area contributed by atoms with Crippen molar-refractivity contribution in [2.75, 3.05) is 19.6 Å². The summed E-state index contributed by atoms with van der Waals surface area (Å²) >= 11 is 5.36. The van der Waals surface area contributed by atoms with Crippen LogP contribution < -0.4 is 10.6 Å². The molecule has 1 aromatic carbocycles. The molecule has 1 heterocycles. The fraction of sp³-hybridized carbons (Fsp3) is 0.533. The predicted octanol–water partition coefficient (Wildman–Crippen LogP) is 2.13. The van der Waals surface area contributed by atoms with Crippen LogP contribution in [0.2, 0.25) is 0 Å². The molecule has 0 radical (unpaired) electrons. The van der Waals surface area contributed by atoms with Gasteiger partial charge in [-0.3, -0.25) is 0 Å². The summed E-state index contributed by atoms with van der Waals surface area (Å²) in [6.07, 6.45) is 2.36. The van der Waals surface area contributed by atoms with Gasteiger partial charge in [0.25, 0.3) is 0 Å². The zero-order chi connectivity index (χ0) is 13.5. The lowest BCUT2D eigenvalue weighted by atomic mass is 10.1. The van der Waals surface area contributed by atoms with Gasteiger partial charge in [0.2, 0.25) is 0 Å². The first-order valence-corrected chi connectivity index (χ1v) is 7.49. The van der Waals surface area contributed by atoms with Crippen LogP contribution >= 0.6 is 12.2 Å². The Balaban J connectivity index is 1.67. The van der Waals surface area contributed by atoms with Crippen molar-refractivity contribution < 1.29 is 0 Å². The summed E-state index contributed by atoms with van der Waals surface area (Å²) in [7, 11) is 0. The molecule has 0 amide bonds. The second kappa shape index (κ2) is 7.46. The Bertz CT molecular complexity index is 386. The van der Waals surface area contributed by atoms with Crippen LogP contribution in [0.15, 0.2) is 30.3 Å². The molecular weight excluding hydrogens is 254 g/mol. The summed E-state index contributed by atoms with van der Waals surface area (Å²) in [5, 5.41) is 7.48. The molecule has 19 heavy (non-hydrogen) atoms. The highest BCUT2D eigenvalue weighted by Gasteiger charge is 2.18. The summed E-state index contributed by atoms with van der Waals surface area (Å²) < 4.78 is 0. The van der Waals surface area contributed by atoms with Gasteiger partial charge >= 0.3 is 0 Å². The number of rotatable bonds is 4. The van der Waals surface area contributed by atoms with Crippen LogP contribution in [-0.4, -0.2) is 35.7 Å². The number of piperidine rings is 1. The third-order valence-electron chi connectivity index (χ3n) is 3.67. The minimum atomic E-state index is 0.526. The summed E-state index contributed by atoms with van der Waals surface area (Å²) in [4.78, 5) is 2.48. The maximum atomic E-state index is 5.36. The van der Waals surface area contributed by atoms with Crippen LogP contribution in [0.5, 0.6) is 0 Å². The van der Waals surface area contributed by atoms with E-state index in [4.69, 9.17) is 12.2 Å². The molecule has 0 aliphatic carbocycles. The highest BCUT2D eigenvalue weighted by Crippen LogP contribution is 2.09. The zero-order valence-corrected chi connectivity index (χ0v) is 12.4. The molecule has 1 aromatic rings. The number of benzene rings is 1. The molecule has 0 saturated carbocycles. The molecule has 104 valence electrons. The van der Waals surface area contributed by atoms with Crippen molar-refractivity contribution in [2.45, 2.75) is 32.4 Å². The van der Waals surface area contributed by atoms with Gasteiger partial charge in [-0.25, -0.2) is 0 Å². The number of likely N-dealkylation sites (tertiary alicyclic amines) is 1. The van der Waals surface area contributed by atoms with Crippen molar-refractivity contribution in [3.05, 3.63) is 35.9 Å². The van der Waals surface area contributed by atoms with Crippen LogP contribution in [0.25, 0.3) is 0 Å². The van der Waals surface area contributed by atoms with Crippen LogP contribution in [0, 0.1) is 0 Å². The Labute approximate surface area is 121 Å². The fourth-order valence-corrected chi connectivity index (χ4v) is 2.65. The molecule has 4 heteroatoms. The second-order valence-corrected chi connectivity index (χ2v) is 5.43. The van der Waals surface area contributed by atoms with Gasteiger partial charge in [0.05, 0.1) is 0 Å². The Morgan fingerprint density at radius 3 is 2.58 bits per heavy atom. The van der Waals surface area contributed by atoms with Crippen LogP contribution in [0.1, 0.15) is 25.3 Å². The highest BCUT2D eigenvalue weighted by atomic mass is 32.1. The molecule has 1 aliphatic heterocycles. The molecule has 0 aromatic heterocycles. The molecule has 0 atom stereocenters. The molecule has 1 aliphatic rings. The first-order chi connectivity index (χ1) is 9.28. The van der Waals surface area contributed by atoms with Crippen molar-refractivity contribution >= 4 is 17.3 Å². The van der Waals surface area contributed by atoms with E-state index >= 15 is 0 Å². The van der Waals surface area contributed by atoms with Crippen LogP contribution in [0.4, 0.5) is 0 Å². The molecule has 1 saturated heterocycles. The topological polar surface area (TPSA) is 27.3 Å². The van der Waals surface area contributed by atoms with Gasteiger partial charge in [-0.2, -0.15) is 0 Å². The molecule has 2 rings (SSSR count).